The summed E-state index contributed by atoms with van der Waals surface area (Å²) in [5.41, 5.74) is 0. The van der Waals surface area contributed by atoms with Gasteiger partial charge in [0, 0.05) is 25.9 Å². The molecule has 112 valence electrons. The number of carbonyl (C=O) groups excluding carboxylic acids is 1. The van der Waals surface area contributed by atoms with E-state index in [1.165, 1.54) is 0 Å². The highest BCUT2D eigenvalue weighted by molar-refractivity contribution is 7.91. The summed E-state index contributed by atoms with van der Waals surface area (Å²) in [6.07, 6.45) is 2.07. The van der Waals surface area contributed by atoms with Crippen LogP contribution in [-0.4, -0.2) is 54.0 Å². The van der Waals surface area contributed by atoms with Crippen LogP contribution >= 0.6 is 0 Å². The van der Waals surface area contributed by atoms with Crippen LogP contribution in [0.2, 0.25) is 0 Å². The van der Waals surface area contributed by atoms with Crippen LogP contribution in [-0.2, 0) is 21.1 Å². The molecule has 7 nitrogen and oxygen atoms in total. The molecule has 1 saturated heterocycles. The smallest absolute Gasteiger partial charge is 0.226 e. The second-order valence-corrected chi connectivity index (χ2v) is 7.38. The van der Waals surface area contributed by atoms with E-state index >= 15 is 0 Å². The number of carbonyl (C=O) groups is 1. The molecule has 1 atom stereocenters. The van der Waals surface area contributed by atoms with Crippen LogP contribution in [0.5, 0.6) is 0 Å². The van der Waals surface area contributed by atoms with E-state index in [9.17, 15) is 13.2 Å². The molecule has 1 fully saturated rings. The molecule has 20 heavy (non-hydrogen) atoms. The van der Waals surface area contributed by atoms with Crippen molar-refractivity contribution in [3.8, 4) is 0 Å². The normalized spacial score (nSPS) is 21.0. The van der Waals surface area contributed by atoms with Gasteiger partial charge >= 0.3 is 0 Å². The average Bonchev–Trinajstić information content (AvgIpc) is 2.94. The second kappa shape index (κ2) is 5.90. The molecular weight excluding hydrogens is 282 g/mol. The number of nitrogens with zero attached hydrogens (tertiary/aromatic N) is 3. The van der Waals surface area contributed by atoms with E-state index in [4.69, 9.17) is 4.52 Å². The molecule has 1 aromatic rings. The number of hydrogen-bond acceptors (Lipinski definition) is 6. The van der Waals surface area contributed by atoms with E-state index < -0.39 is 9.84 Å². The zero-order valence-electron chi connectivity index (χ0n) is 11.7. The van der Waals surface area contributed by atoms with E-state index in [0.29, 0.717) is 37.4 Å². The Hall–Kier alpha value is -1.44. The molecule has 0 radical (unpaired) electrons. The molecule has 0 bridgehead atoms. The Morgan fingerprint density at radius 2 is 2.25 bits per heavy atom. The fourth-order valence-corrected chi connectivity index (χ4v) is 4.07. The first-order chi connectivity index (χ1) is 9.37. The third-order valence-electron chi connectivity index (χ3n) is 3.50. The largest absolute Gasteiger partial charge is 0.342 e. The molecule has 1 aromatic heterocycles. The van der Waals surface area contributed by atoms with Crippen molar-refractivity contribution in [1.29, 1.82) is 0 Å². The minimum absolute atomic E-state index is 0.0386. The van der Waals surface area contributed by atoms with Gasteiger partial charge in [-0.25, -0.2) is 8.42 Å². The molecule has 1 unspecified atom stereocenters. The Morgan fingerprint density at radius 1 is 1.50 bits per heavy atom. The van der Waals surface area contributed by atoms with Crippen LogP contribution in [0.4, 0.5) is 0 Å². The number of aromatic nitrogens is 2. The molecule has 8 heteroatoms. The molecular formula is C12H19N3O4S. The molecule has 0 saturated carbocycles. The lowest BCUT2D eigenvalue weighted by Gasteiger charge is -2.23. The summed E-state index contributed by atoms with van der Waals surface area (Å²) in [5, 5.41) is 3.68. The predicted octanol–water partition coefficient (Wildman–Crippen LogP) is 0.346. The van der Waals surface area contributed by atoms with Crippen molar-refractivity contribution >= 4 is 15.7 Å². The number of hydrogen-bond donors (Lipinski definition) is 0. The van der Waals surface area contributed by atoms with E-state index in [0.717, 1.165) is 0 Å². The Morgan fingerprint density at radius 3 is 2.80 bits per heavy atom. The number of rotatable bonds is 5. The molecule has 0 aromatic carbocycles. The zero-order chi connectivity index (χ0) is 14.8. The highest BCUT2D eigenvalue weighted by Crippen LogP contribution is 2.17. The average molecular weight is 301 g/mol. The van der Waals surface area contributed by atoms with Crippen LogP contribution in [0, 0.1) is 6.92 Å². The van der Waals surface area contributed by atoms with Gasteiger partial charge in [0.15, 0.2) is 15.7 Å². The molecule has 0 spiro atoms. The lowest BCUT2D eigenvalue weighted by Crippen LogP contribution is -2.37. The minimum atomic E-state index is -2.96. The van der Waals surface area contributed by atoms with Gasteiger partial charge in [0.05, 0.1) is 11.5 Å². The van der Waals surface area contributed by atoms with Gasteiger partial charge in [0.2, 0.25) is 11.8 Å². The van der Waals surface area contributed by atoms with Crippen molar-refractivity contribution in [2.75, 3.05) is 18.6 Å². The lowest BCUT2D eigenvalue weighted by atomic mass is 10.2. The van der Waals surface area contributed by atoms with Gasteiger partial charge in [-0.3, -0.25) is 4.79 Å². The first-order valence-corrected chi connectivity index (χ1v) is 8.45. The van der Waals surface area contributed by atoms with Gasteiger partial charge in [-0.2, -0.15) is 4.98 Å². The summed E-state index contributed by atoms with van der Waals surface area (Å²) in [4.78, 5) is 17.6. The summed E-state index contributed by atoms with van der Waals surface area (Å²) < 4.78 is 27.8. The van der Waals surface area contributed by atoms with Crippen LogP contribution in [0.15, 0.2) is 4.52 Å². The SMILES string of the molecule is Cc1noc(CCCC(=O)N(C)C2CCS(=O)(=O)C2)n1. The van der Waals surface area contributed by atoms with E-state index in [2.05, 4.69) is 10.1 Å². The van der Waals surface area contributed by atoms with Gasteiger partial charge in [-0.05, 0) is 19.8 Å². The van der Waals surface area contributed by atoms with Crippen LogP contribution in [0.3, 0.4) is 0 Å². The van der Waals surface area contributed by atoms with Gasteiger partial charge in [-0.1, -0.05) is 5.16 Å². The monoisotopic (exact) mass is 301 g/mol. The van der Waals surface area contributed by atoms with Crippen molar-refractivity contribution < 1.29 is 17.7 Å². The molecule has 0 aliphatic carbocycles. The fourth-order valence-electron chi connectivity index (χ4n) is 2.29. The topological polar surface area (TPSA) is 93.4 Å². The molecule has 2 heterocycles. The summed E-state index contributed by atoms with van der Waals surface area (Å²) in [7, 11) is -1.29. The van der Waals surface area contributed by atoms with Gasteiger partial charge in [0.25, 0.3) is 0 Å². The maximum Gasteiger partial charge on any atom is 0.226 e. The maximum absolute atomic E-state index is 12.0. The Balaban J connectivity index is 1.77. The summed E-state index contributed by atoms with van der Waals surface area (Å²) in [6, 6.07) is -0.182. The lowest BCUT2D eigenvalue weighted by molar-refractivity contribution is -0.131. The number of aryl methyl sites for hydroxylation is 2. The van der Waals surface area contributed by atoms with Crippen molar-refractivity contribution in [2.45, 2.75) is 38.6 Å². The number of sulfone groups is 1. The fraction of sp³-hybridized carbons (Fsp3) is 0.750. The van der Waals surface area contributed by atoms with E-state index in [1.807, 2.05) is 0 Å². The Labute approximate surface area is 118 Å². The quantitative estimate of drug-likeness (QED) is 0.779. The van der Waals surface area contributed by atoms with Crippen molar-refractivity contribution in [3.63, 3.8) is 0 Å². The molecule has 1 aliphatic rings. The third-order valence-corrected chi connectivity index (χ3v) is 5.25. The van der Waals surface area contributed by atoms with Crippen LogP contribution in [0.25, 0.3) is 0 Å². The maximum atomic E-state index is 12.0. The Bertz CT molecular complexity index is 581. The molecule has 0 N–H and O–H groups in total. The van der Waals surface area contributed by atoms with Gasteiger partial charge in [-0.15, -0.1) is 0 Å². The van der Waals surface area contributed by atoms with E-state index in [-0.39, 0.29) is 23.5 Å². The third kappa shape index (κ3) is 3.78. The molecule has 2 rings (SSSR count). The minimum Gasteiger partial charge on any atom is -0.342 e. The van der Waals surface area contributed by atoms with Crippen LogP contribution in [0.1, 0.15) is 31.0 Å². The summed E-state index contributed by atoms with van der Waals surface area (Å²) in [6.45, 7) is 1.74. The highest BCUT2D eigenvalue weighted by Gasteiger charge is 2.32. The highest BCUT2D eigenvalue weighted by atomic mass is 32.2. The van der Waals surface area contributed by atoms with Crippen molar-refractivity contribution in [2.24, 2.45) is 0 Å². The van der Waals surface area contributed by atoms with Crippen LogP contribution < -0.4 is 0 Å². The van der Waals surface area contributed by atoms with E-state index in [1.54, 1.807) is 18.9 Å². The Kier molecular flexibility index (Phi) is 4.42. The summed E-state index contributed by atoms with van der Waals surface area (Å²) in [5.74, 6) is 1.33. The first kappa shape index (κ1) is 15.0. The second-order valence-electron chi connectivity index (χ2n) is 5.15. The van der Waals surface area contributed by atoms with Crippen molar-refractivity contribution in [3.05, 3.63) is 11.7 Å². The van der Waals surface area contributed by atoms with Gasteiger partial charge in [0.1, 0.15) is 0 Å². The first-order valence-electron chi connectivity index (χ1n) is 6.62. The predicted molar refractivity (Wildman–Crippen MR) is 71.8 cm³/mol. The van der Waals surface area contributed by atoms with Gasteiger partial charge < -0.3 is 9.42 Å². The standard InChI is InChI=1S/C12H19N3O4S/c1-9-13-11(19-14-9)4-3-5-12(16)15(2)10-6-7-20(17,18)8-10/h10H,3-8H2,1-2H3. The molecule has 1 amide bonds. The zero-order valence-corrected chi connectivity index (χ0v) is 12.5. The molecule has 1 aliphatic heterocycles. The summed E-state index contributed by atoms with van der Waals surface area (Å²) >= 11 is 0. The van der Waals surface area contributed by atoms with Crippen molar-refractivity contribution in [1.82, 2.24) is 15.0 Å². The number of amides is 1.